The average Bonchev–Trinajstić information content (AvgIpc) is 2.74. The number of hydrogen-bond acceptors (Lipinski definition) is 1. The van der Waals surface area contributed by atoms with Crippen LogP contribution in [0.1, 0.15) is 47.0 Å². The Morgan fingerprint density at radius 1 is 1.00 bits per heavy atom. The first kappa shape index (κ1) is 18.3. The van der Waals surface area contributed by atoms with Gasteiger partial charge in [0.05, 0.1) is 0 Å². The second-order valence-corrected chi connectivity index (χ2v) is 9.07. The van der Waals surface area contributed by atoms with Crippen LogP contribution >= 0.6 is 0 Å². The molecular weight excluding hydrogens is 334 g/mol. The molecule has 140 valence electrons. The first-order chi connectivity index (χ1) is 10.6. The van der Waals surface area contributed by atoms with E-state index in [4.69, 9.17) is 0 Å². The first-order valence-corrected chi connectivity index (χ1v) is 8.46. The van der Waals surface area contributed by atoms with Crippen molar-refractivity contribution in [2.24, 2.45) is 40.4 Å². The van der Waals surface area contributed by atoms with Crippen LogP contribution in [0.3, 0.4) is 0 Å². The van der Waals surface area contributed by atoms with E-state index in [-0.39, 0.29) is 28.6 Å². The molecule has 0 aromatic carbocycles. The van der Waals surface area contributed by atoms with Crippen LogP contribution in [0.2, 0.25) is 0 Å². The summed E-state index contributed by atoms with van der Waals surface area (Å²) < 4.78 is 78.2. The molecule has 0 aliphatic heterocycles. The molecule has 2 bridgehead atoms. The predicted octanol–water partition coefficient (Wildman–Crippen LogP) is 5.19. The minimum atomic E-state index is -5.71. The summed E-state index contributed by atoms with van der Waals surface area (Å²) in [5.41, 5.74) is -4.76. The van der Waals surface area contributed by atoms with Gasteiger partial charge in [-0.05, 0) is 59.7 Å². The quantitative estimate of drug-likeness (QED) is 0.689. The molecule has 5 atom stereocenters. The Kier molecular flexibility index (Phi) is 3.53. The number of fused-ring (bicyclic) bond motifs is 1. The van der Waals surface area contributed by atoms with E-state index in [9.17, 15) is 31.4 Å². The molecule has 3 aliphatic rings. The summed E-state index contributed by atoms with van der Waals surface area (Å²) >= 11 is 0. The topological polar surface area (TPSA) is 20.2 Å². The summed E-state index contributed by atoms with van der Waals surface area (Å²) in [4.78, 5) is 0. The zero-order valence-corrected chi connectivity index (χ0v) is 14.2. The van der Waals surface area contributed by atoms with Crippen molar-refractivity contribution in [2.75, 3.05) is 0 Å². The van der Waals surface area contributed by atoms with E-state index in [0.29, 0.717) is 18.8 Å². The van der Waals surface area contributed by atoms with E-state index in [1.807, 2.05) is 13.8 Å². The maximum Gasteiger partial charge on any atom is 0.426 e. The number of hydrogen-bond donors (Lipinski definition) is 1. The van der Waals surface area contributed by atoms with Crippen molar-refractivity contribution in [2.45, 2.75) is 64.9 Å². The van der Waals surface area contributed by atoms with Crippen LogP contribution in [0, 0.1) is 40.4 Å². The van der Waals surface area contributed by atoms with Crippen molar-refractivity contribution in [3.8, 4) is 0 Å². The van der Waals surface area contributed by atoms with E-state index in [1.165, 1.54) is 0 Å². The predicted molar refractivity (Wildman–Crippen MR) is 75.9 cm³/mol. The van der Waals surface area contributed by atoms with Gasteiger partial charge in [-0.3, -0.25) is 0 Å². The molecule has 0 radical (unpaired) electrons. The van der Waals surface area contributed by atoms with Crippen molar-refractivity contribution < 1.29 is 31.4 Å². The highest BCUT2D eigenvalue weighted by Crippen LogP contribution is 2.87. The summed E-state index contributed by atoms with van der Waals surface area (Å²) in [5, 5.41) is 9.58. The molecule has 0 heterocycles. The fourth-order valence-corrected chi connectivity index (χ4v) is 6.48. The minimum Gasteiger partial charge on any atom is -0.374 e. The van der Waals surface area contributed by atoms with Gasteiger partial charge in [0.2, 0.25) is 0 Å². The summed E-state index contributed by atoms with van der Waals surface area (Å²) in [5.74, 6) is -0.139. The second-order valence-electron chi connectivity index (χ2n) is 9.07. The highest BCUT2D eigenvalue weighted by atomic mass is 19.4. The Morgan fingerprint density at radius 3 is 1.88 bits per heavy atom. The average molecular weight is 358 g/mol. The highest BCUT2D eigenvalue weighted by molar-refractivity contribution is 5.29. The maximum atomic E-state index is 13.0. The molecule has 0 aromatic rings. The monoisotopic (exact) mass is 358 g/mol. The normalized spacial score (nSPS) is 41.0. The van der Waals surface area contributed by atoms with Crippen LogP contribution in [-0.4, -0.2) is 23.1 Å². The third-order valence-electron chi connectivity index (χ3n) is 7.55. The number of halogens is 6. The fraction of sp³-hybridized carbons (Fsp3) is 1.00. The van der Waals surface area contributed by atoms with Gasteiger partial charge in [-0.25, -0.2) is 0 Å². The standard InChI is InChI=1S/C17H24F6O/c1-8(2)11-10-7-14(12(11)13(14,3)4)5-9(10)6-15(24,16(18,19)20)17(21,22)23/h8-12,24H,5-7H2,1-4H3. The molecule has 3 aliphatic carbocycles. The maximum absolute atomic E-state index is 13.0. The molecule has 1 spiro atoms. The van der Waals surface area contributed by atoms with E-state index in [0.717, 1.165) is 0 Å². The SMILES string of the molecule is CC(C)C1C2CC3(CC2CC(O)(C(F)(F)F)C(F)(F)F)C1C3(C)C. The third-order valence-corrected chi connectivity index (χ3v) is 7.55. The van der Waals surface area contributed by atoms with Gasteiger partial charge in [0.25, 0.3) is 5.60 Å². The lowest BCUT2D eigenvalue weighted by molar-refractivity contribution is -0.373. The lowest BCUT2D eigenvalue weighted by Crippen LogP contribution is -2.58. The molecule has 0 aromatic heterocycles. The van der Waals surface area contributed by atoms with Gasteiger partial charge in [-0.15, -0.1) is 0 Å². The van der Waals surface area contributed by atoms with Gasteiger partial charge in [0.15, 0.2) is 0 Å². The van der Waals surface area contributed by atoms with Crippen LogP contribution in [0.25, 0.3) is 0 Å². The fourth-order valence-electron chi connectivity index (χ4n) is 6.48. The Balaban J connectivity index is 1.90. The highest BCUT2D eigenvalue weighted by Gasteiger charge is 2.83. The molecule has 1 nitrogen and oxygen atoms in total. The Labute approximate surface area is 137 Å². The Bertz CT molecular complexity index is 520. The van der Waals surface area contributed by atoms with Gasteiger partial charge >= 0.3 is 12.4 Å². The zero-order chi connectivity index (χ0) is 18.5. The van der Waals surface area contributed by atoms with E-state index < -0.39 is 30.3 Å². The van der Waals surface area contributed by atoms with Gasteiger partial charge in [-0.1, -0.05) is 27.7 Å². The molecule has 3 saturated carbocycles. The van der Waals surface area contributed by atoms with Crippen LogP contribution in [0.15, 0.2) is 0 Å². The van der Waals surface area contributed by atoms with Crippen molar-refractivity contribution in [3.05, 3.63) is 0 Å². The van der Waals surface area contributed by atoms with E-state index in [1.54, 1.807) is 0 Å². The largest absolute Gasteiger partial charge is 0.426 e. The van der Waals surface area contributed by atoms with Crippen molar-refractivity contribution in [3.63, 3.8) is 0 Å². The summed E-state index contributed by atoms with van der Waals surface area (Å²) in [6.07, 6.45) is -11.6. The van der Waals surface area contributed by atoms with Gasteiger partial charge in [0.1, 0.15) is 0 Å². The zero-order valence-electron chi connectivity index (χ0n) is 14.2. The molecule has 0 saturated heterocycles. The molecular formula is C17H24F6O. The third kappa shape index (κ3) is 1.99. The van der Waals surface area contributed by atoms with Crippen molar-refractivity contribution in [1.29, 1.82) is 0 Å². The van der Waals surface area contributed by atoms with E-state index in [2.05, 4.69) is 13.8 Å². The molecule has 7 heteroatoms. The van der Waals surface area contributed by atoms with E-state index >= 15 is 0 Å². The number of rotatable bonds is 3. The first-order valence-electron chi connectivity index (χ1n) is 8.46. The van der Waals surface area contributed by atoms with Crippen LogP contribution in [0.4, 0.5) is 26.3 Å². The Morgan fingerprint density at radius 2 is 1.50 bits per heavy atom. The second kappa shape index (κ2) is 4.63. The van der Waals surface area contributed by atoms with Crippen molar-refractivity contribution in [1.82, 2.24) is 0 Å². The Hall–Kier alpha value is -0.460. The molecule has 3 fully saturated rings. The smallest absolute Gasteiger partial charge is 0.374 e. The number of alkyl halides is 6. The molecule has 5 unspecified atom stereocenters. The van der Waals surface area contributed by atoms with Crippen molar-refractivity contribution >= 4 is 0 Å². The van der Waals surface area contributed by atoms with Crippen LogP contribution in [0.5, 0.6) is 0 Å². The summed E-state index contributed by atoms with van der Waals surface area (Å²) in [6, 6.07) is 0. The lowest BCUT2D eigenvalue weighted by atomic mass is 9.70. The van der Waals surface area contributed by atoms with Crippen LogP contribution < -0.4 is 0 Å². The molecule has 3 rings (SSSR count). The van der Waals surface area contributed by atoms with Crippen LogP contribution in [-0.2, 0) is 0 Å². The van der Waals surface area contributed by atoms with Gasteiger partial charge in [-0.2, -0.15) is 26.3 Å². The lowest BCUT2D eigenvalue weighted by Gasteiger charge is -2.39. The molecule has 0 amide bonds. The minimum absolute atomic E-state index is 0.0260. The van der Waals surface area contributed by atoms with Gasteiger partial charge < -0.3 is 5.11 Å². The van der Waals surface area contributed by atoms with Gasteiger partial charge in [0, 0.05) is 0 Å². The number of aliphatic hydroxyl groups is 1. The summed E-state index contributed by atoms with van der Waals surface area (Å²) in [6.45, 7) is 8.13. The summed E-state index contributed by atoms with van der Waals surface area (Å²) in [7, 11) is 0. The molecule has 24 heavy (non-hydrogen) atoms. The molecule has 1 N–H and O–H groups in total.